The van der Waals surface area contributed by atoms with Crippen LogP contribution in [0.5, 0.6) is 0 Å². The third kappa shape index (κ3) is 4.21. The molecule has 1 rings (SSSR count). The standard InChI is InChI=1S/C13H16F3N/c1-2-3-4-5-12(17)10-6-8-11(9-7-10)13(14,15)16/h6-9,17H,2-5H2,1H3. The monoisotopic (exact) mass is 243 g/mol. The Morgan fingerprint density at radius 3 is 2.18 bits per heavy atom. The quantitative estimate of drug-likeness (QED) is 0.574. The Hall–Kier alpha value is -1.32. The number of benzene rings is 1. The van der Waals surface area contributed by atoms with E-state index in [0.29, 0.717) is 17.7 Å². The van der Waals surface area contributed by atoms with Crippen LogP contribution in [0, 0.1) is 5.41 Å². The Bertz CT molecular complexity index is 365. The molecule has 1 aromatic carbocycles. The number of hydrogen-bond donors (Lipinski definition) is 1. The van der Waals surface area contributed by atoms with Gasteiger partial charge in [0.2, 0.25) is 0 Å². The maximum atomic E-state index is 12.3. The summed E-state index contributed by atoms with van der Waals surface area (Å²) in [6.07, 6.45) is -0.651. The Morgan fingerprint density at radius 1 is 1.12 bits per heavy atom. The maximum Gasteiger partial charge on any atom is 0.416 e. The summed E-state index contributed by atoms with van der Waals surface area (Å²) in [6, 6.07) is 4.81. The third-order valence-corrected chi connectivity index (χ3v) is 2.59. The molecule has 0 saturated heterocycles. The Morgan fingerprint density at radius 2 is 1.71 bits per heavy atom. The van der Waals surface area contributed by atoms with Crippen molar-refractivity contribution in [1.82, 2.24) is 0 Å². The highest BCUT2D eigenvalue weighted by Gasteiger charge is 2.29. The van der Waals surface area contributed by atoms with Gasteiger partial charge < -0.3 is 5.41 Å². The smallest absolute Gasteiger partial charge is 0.305 e. The molecule has 0 aromatic heterocycles. The molecular formula is C13H16F3N. The van der Waals surface area contributed by atoms with Crippen LogP contribution in [0.3, 0.4) is 0 Å². The van der Waals surface area contributed by atoms with E-state index >= 15 is 0 Å². The lowest BCUT2D eigenvalue weighted by atomic mass is 10.0. The van der Waals surface area contributed by atoms with Crippen molar-refractivity contribution in [2.24, 2.45) is 0 Å². The molecule has 0 saturated carbocycles. The highest BCUT2D eigenvalue weighted by atomic mass is 19.4. The first-order chi connectivity index (χ1) is 7.95. The van der Waals surface area contributed by atoms with Crippen LogP contribution in [0.4, 0.5) is 13.2 Å². The third-order valence-electron chi connectivity index (χ3n) is 2.59. The van der Waals surface area contributed by atoms with Gasteiger partial charge in [0.25, 0.3) is 0 Å². The molecule has 94 valence electrons. The first kappa shape index (κ1) is 13.7. The van der Waals surface area contributed by atoms with Gasteiger partial charge in [0.15, 0.2) is 0 Å². The van der Waals surface area contributed by atoms with Crippen molar-refractivity contribution in [3.05, 3.63) is 35.4 Å². The zero-order chi connectivity index (χ0) is 12.9. The average molecular weight is 243 g/mol. The van der Waals surface area contributed by atoms with Gasteiger partial charge in [-0.1, -0.05) is 31.9 Å². The van der Waals surface area contributed by atoms with E-state index < -0.39 is 11.7 Å². The van der Waals surface area contributed by atoms with Crippen LogP contribution in [0.15, 0.2) is 24.3 Å². The molecule has 0 aliphatic carbocycles. The molecule has 0 unspecified atom stereocenters. The highest BCUT2D eigenvalue weighted by Crippen LogP contribution is 2.29. The first-order valence-electron chi connectivity index (χ1n) is 5.70. The fraction of sp³-hybridized carbons (Fsp3) is 0.462. The number of hydrogen-bond acceptors (Lipinski definition) is 1. The molecule has 0 atom stereocenters. The van der Waals surface area contributed by atoms with Crippen LogP contribution in [-0.2, 0) is 6.18 Å². The molecule has 0 spiro atoms. The minimum atomic E-state index is -4.30. The average Bonchev–Trinajstić information content (AvgIpc) is 2.28. The first-order valence-corrected chi connectivity index (χ1v) is 5.70. The molecule has 0 radical (unpaired) electrons. The van der Waals surface area contributed by atoms with Gasteiger partial charge in [0, 0.05) is 5.71 Å². The lowest BCUT2D eigenvalue weighted by molar-refractivity contribution is -0.137. The van der Waals surface area contributed by atoms with Gasteiger partial charge in [-0.15, -0.1) is 0 Å². The second-order valence-corrected chi connectivity index (χ2v) is 4.01. The summed E-state index contributed by atoms with van der Waals surface area (Å²) in [5.74, 6) is 0. The molecule has 0 aliphatic rings. The number of nitrogens with one attached hydrogen (secondary N) is 1. The van der Waals surface area contributed by atoms with Crippen LogP contribution in [0.2, 0.25) is 0 Å². The van der Waals surface area contributed by atoms with Crippen molar-refractivity contribution in [2.75, 3.05) is 0 Å². The molecular weight excluding hydrogens is 227 g/mol. The molecule has 0 bridgehead atoms. The number of alkyl halides is 3. The molecule has 17 heavy (non-hydrogen) atoms. The minimum absolute atomic E-state index is 0.409. The Balaban J connectivity index is 2.64. The Labute approximate surface area is 99.2 Å². The van der Waals surface area contributed by atoms with Gasteiger partial charge in [-0.25, -0.2) is 0 Å². The van der Waals surface area contributed by atoms with E-state index in [1.807, 2.05) is 0 Å². The van der Waals surface area contributed by atoms with Gasteiger partial charge in [0.05, 0.1) is 5.56 Å². The van der Waals surface area contributed by atoms with E-state index in [4.69, 9.17) is 5.41 Å². The van der Waals surface area contributed by atoms with Gasteiger partial charge in [0.1, 0.15) is 0 Å². The predicted octanol–water partition coefficient (Wildman–Crippen LogP) is 4.65. The summed E-state index contributed by atoms with van der Waals surface area (Å²) in [7, 11) is 0. The van der Waals surface area contributed by atoms with Gasteiger partial charge in [-0.2, -0.15) is 13.2 Å². The lowest BCUT2D eigenvalue weighted by Gasteiger charge is -2.08. The second kappa shape index (κ2) is 5.84. The SMILES string of the molecule is CCCCCC(=N)c1ccc(C(F)(F)F)cc1. The highest BCUT2D eigenvalue weighted by molar-refractivity contribution is 5.98. The summed E-state index contributed by atoms with van der Waals surface area (Å²) < 4.78 is 36.9. The molecule has 0 heterocycles. The number of rotatable bonds is 5. The van der Waals surface area contributed by atoms with Crippen LogP contribution < -0.4 is 0 Å². The largest absolute Gasteiger partial charge is 0.416 e. The van der Waals surface area contributed by atoms with Crippen molar-refractivity contribution in [3.63, 3.8) is 0 Å². The van der Waals surface area contributed by atoms with Crippen molar-refractivity contribution in [1.29, 1.82) is 5.41 Å². The van der Waals surface area contributed by atoms with E-state index in [1.54, 1.807) is 0 Å². The van der Waals surface area contributed by atoms with E-state index in [1.165, 1.54) is 12.1 Å². The summed E-state index contributed by atoms with van der Waals surface area (Å²) in [5, 5.41) is 7.75. The summed E-state index contributed by atoms with van der Waals surface area (Å²) in [6.45, 7) is 2.07. The van der Waals surface area contributed by atoms with Crippen LogP contribution in [-0.4, -0.2) is 5.71 Å². The van der Waals surface area contributed by atoms with E-state index in [9.17, 15) is 13.2 Å². The van der Waals surface area contributed by atoms with Crippen LogP contribution in [0.25, 0.3) is 0 Å². The minimum Gasteiger partial charge on any atom is -0.305 e. The zero-order valence-electron chi connectivity index (χ0n) is 9.77. The molecule has 1 nitrogen and oxygen atoms in total. The fourth-order valence-corrected chi connectivity index (χ4v) is 1.56. The zero-order valence-corrected chi connectivity index (χ0v) is 9.77. The van der Waals surface area contributed by atoms with Crippen LogP contribution >= 0.6 is 0 Å². The molecule has 4 heteroatoms. The number of halogens is 3. The van der Waals surface area contributed by atoms with E-state index in [-0.39, 0.29) is 0 Å². The van der Waals surface area contributed by atoms with E-state index in [2.05, 4.69) is 6.92 Å². The summed E-state index contributed by atoms with van der Waals surface area (Å²) in [4.78, 5) is 0. The lowest BCUT2D eigenvalue weighted by Crippen LogP contribution is -2.06. The molecule has 0 aliphatic heterocycles. The van der Waals surface area contributed by atoms with Crippen molar-refractivity contribution < 1.29 is 13.2 Å². The van der Waals surface area contributed by atoms with Gasteiger partial charge in [-0.3, -0.25) is 0 Å². The predicted molar refractivity (Wildman–Crippen MR) is 62.4 cm³/mol. The van der Waals surface area contributed by atoms with Crippen molar-refractivity contribution in [3.8, 4) is 0 Å². The molecule has 1 aromatic rings. The molecule has 0 fully saturated rings. The van der Waals surface area contributed by atoms with Crippen LogP contribution in [0.1, 0.15) is 43.7 Å². The molecule has 0 amide bonds. The summed E-state index contributed by atoms with van der Waals surface area (Å²) >= 11 is 0. The fourth-order valence-electron chi connectivity index (χ4n) is 1.56. The second-order valence-electron chi connectivity index (χ2n) is 4.01. The number of unbranched alkanes of at least 4 members (excludes halogenated alkanes) is 2. The van der Waals surface area contributed by atoms with Crippen molar-refractivity contribution in [2.45, 2.75) is 38.8 Å². The maximum absolute atomic E-state index is 12.3. The van der Waals surface area contributed by atoms with E-state index in [0.717, 1.165) is 31.4 Å². The normalized spacial score (nSPS) is 11.5. The summed E-state index contributed by atoms with van der Waals surface area (Å²) in [5.41, 5.74) is 0.323. The van der Waals surface area contributed by atoms with Gasteiger partial charge in [-0.05, 0) is 30.5 Å². The topological polar surface area (TPSA) is 23.9 Å². The Kier molecular flexibility index (Phi) is 4.73. The molecule has 1 N–H and O–H groups in total. The van der Waals surface area contributed by atoms with Gasteiger partial charge >= 0.3 is 6.18 Å². The van der Waals surface area contributed by atoms with Crippen molar-refractivity contribution >= 4 is 5.71 Å².